The summed E-state index contributed by atoms with van der Waals surface area (Å²) < 4.78 is 0. The van der Waals surface area contributed by atoms with Gasteiger partial charge in [-0.2, -0.15) is 0 Å². The number of nitrogens with one attached hydrogen (secondary N) is 1. The number of amides is 3. The molecule has 0 radical (unpaired) electrons. The van der Waals surface area contributed by atoms with E-state index in [9.17, 15) is 14.4 Å². The Balaban J connectivity index is 1.40. The van der Waals surface area contributed by atoms with Crippen molar-refractivity contribution in [3.8, 4) is 0 Å². The zero-order valence-electron chi connectivity index (χ0n) is 14.1. The molecule has 1 saturated carbocycles. The van der Waals surface area contributed by atoms with Crippen molar-refractivity contribution in [2.24, 2.45) is 0 Å². The molecule has 2 heterocycles. The minimum absolute atomic E-state index is 0.329. The monoisotopic (exact) mass is 370 g/mol. The van der Waals surface area contributed by atoms with Crippen LogP contribution in [0.15, 0.2) is 24.3 Å². The summed E-state index contributed by atoms with van der Waals surface area (Å²) in [7, 11) is 0. The van der Waals surface area contributed by atoms with Gasteiger partial charge in [-0.3, -0.25) is 24.6 Å². The number of aromatic nitrogens is 2. The van der Waals surface area contributed by atoms with E-state index < -0.39 is 17.7 Å². The summed E-state index contributed by atoms with van der Waals surface area (Å²) in [5.41, 5.74) is 0.668. The highest BCUT2D eigenvalue weighted by Gasteiger charge is 2.36. The number of nitrogens with zero attached hydrogens (tertiary/aromatic N) is 3. The van der Waals surface area contributed by atoms with Gasteiger partial charge in [0.2, 0.25) is 11.0 Å². The highest BCUT2D eigenvalue weighted by molar-refractivity contribution is 7.15. The first-order chi connectivity index (χ1) is 12.6. The number of hydrogen-bond donors (Lipinski definition) is 1. The molecule has 8 heteroatoms. The molecule has 0 bridgehead atoms. The Labute approximate surface area is 154 Å². The topological polar surface area (TPSA) is 92.3 Å². The lowest BCUT2D eigenvalue weighted by Crippen LogP contribution is -2.37. The molecule has 3 amide bonds. The Bertz CT molecular complexity index is 838. The average molecular weight is 370 g/mol. The summed E-state index contributed by atoms with van der Waals surface area (Å²) in [5.74, 6) is -0.921. The normalized spacial score (nSPS) is 17.5. The molecule has 2 aromatic rings. The molecule has 134 valence electrons. The van der Waals surface area contributed by atoms with Crippen LogP contribution in [0.1, 0.15) is 63.7 Å². The van der Waals surface area contributed by atoms with Crippen LogP contribution in [0.25, 0.3) is 0 Å². The van der Waals surface area contributed by atoms with Gasteiger partial charge in [0.25, 0.3) is 11.8 Å². The van der Waals surface area contributed by atoms with E-state index in [4.69, 9.17) is 0 Å². The van der Waals surface area contributed by atoms with E-state index in [-0.39, 0.29) is 6.54 Å². The maximum atomic E-state index is 12.3. The average Bonchev–Trinajstić information content (AvgIpc) is 3.22. The third kappa shape index (κ3) is 3.12. The van der Waals surface area contributed by atoms with E-state index >= 15 is 0 Å². The standard InChI is InChI=1S/C18H18N4O3S/c23-14(10-22-16(24)12-8-4-5-9-13(12)17(22)25)19-18-21-20-15(26-18)11-6-2-1-3-7-11/h4-5,8-9,11H,1-3,6-7,10H2,(H,19,21,23). The molecule has 1 fully saturated rings. The second-order valence-electron chi connectivity index (χ2n) is 6.57. The predicted octanol–water partition coefficient (Wildman–Crippen LogP) is 2.82. The number of imide groups is 1. The van der Waals surface area contributed by atoms with Gasteiger partial charge >= 0.3 is 0 Å². The lowest BCUT2D eigenvalue weighted by molar-refractivity contribution is -0.116. The summed E-state index contributed by atoms with van der Waals surface area (Å²) in [5, 5.41) is 12.2. The van der Waals surface area contributed by atoms with E-state index in [2.05, 4.69) is 15.5 Å². The van der Waals surface area contributed by atoms with Gasteiger partial charge in [0.05, 0.1) is 11.1 Å². The van der Waals surface area contributed by atoms with Crippen LogP contribution in [0.5, 0.6) is 0 Å². The van der Waals surface area contributed by atoms with Crippen molar-refractivity contribution in [2.45, 2.75) is 38.0 Å². The van der Waals surface area contributed by atoms with Gasteiger partial charge in [-0.25, -0.2) is 0 Å². The molecule has 2 aliphatic rings. The first kappa shape index (κ1) is 16.8. The second-order valence-corrected chi connectivity index (χ2v) is 7.58. The Morgan fingerprint density at radius 3 is 2.38 bits per heavy atom. The van der Waals surface area contributed by atoms with Crippen molar-refractivity contribution in [3.63, 3.8) is 0 Å². The molecule has 1 aliphatic heterocycles. The minimum Gasteiger partial charge on any atom is -0.299 e. The van der Waals surface area contributed by atoms with E-state index in [1.807, 2.05) is 0 Å². The van der Waals surface area contributed by atoms with Crippen LogP contribution in [-0.4, -0.2) is 39.4 Å². The lowest BCUT2D eigenvalue weighted by atomic mass is 9.90. The Morgan fingerprint density at radius 2 is 1.73 bits per heavy atom. The van der Waals surface area contributed by atoms with Crippen LogP contribution in [0.4, 0.5) is 5.13 Å². The first-order valence-electron chi connectivity index (χ1n) is 8.72. The molecular weight excluding hydrogens is 352 g/mol. The van der Waals surface area contributed by atoms with E-state index in [1.54, 1.807) is 24.3 Å². The largest absolute Gasteiger partial charge is 0.299 e. The molecule has 4 rings (SSSR count). The number of carbonyl (C=O) groups is 3. The van der Waals surface area contributed by atoms with Crippen LogP contribution >= 0.6 is 11.3 Å². The third-order valence-electron chi connectivity index (χ3n) is 4.82. The van der Waals surface area contributed by atoms with Crippen molar-refractivity contribution in [2.75, 3.05) is 11.9 Å². The molecule has 1 aromatic heterocycles. The van der Waals surface area contributed by atoms with Gasteiger partial charge < -0.3 is 0 Å². The third-order valence-corrected chi connectivity index (χ3v) is 5.82. The number of rotatable bonds is 4. The molecule has 1 N–H and O–H groups in total. The van der Waals surface area contributed by atoms with Crippen LogP contribution in [0.2, 0.25) is 0 Å². The Kier molecular flexibility index (Phi) is 4.50. The van der Waals surface area contributed by atoms with Gasteiger partial charge in [-0.1, -0.05) is 42.7 Å². The summed E-state index contributed by atoms with van der Waals surface area (Å²) in [4.78, 5) is 37.9. The van der Waals surface area contributed by atoms with Crippen molar-refractivity contribution >= 4 is 34.2 Å². The van der Waals surface area contributed by atoms with Gasteiger partial charge in [0, 0.05) is 5.92 Å². The lowest BCUT2D eigenvalue weighted by Gasteiger charge is -2.18. The fourth-order valence-electron chi connectivity index (χ4n) is 3.48. The second kappa shape index (κ2) is 6.95. The van der Waals surface area contributed by atoms with Gasteiger partial charge in [-0.15, -0.1) is 10.2 Å². The molecule has 0 spiro atoms. The fourth-order valence-corrected chi connectivity index (χ4v) is 4.41. The smallest absolute Gasteiger partial charge is 0.262 e. The number of fused-ring (bicyclic) bond motifs is 1. The minimum atomic E-state index is -0.453. The summed E-state index contributed by atoms with van der Waals surface area (Å²) in [6.07, 6.45) is 5.88. The number of anilines is 1. The van der Waals surface area contributed by atoms with Crippen molar-refractivity contribution in [3.05, 3.63) is 40.4 Å². The van der Waals surface area contributed by atoms with Crippen LogP contribution in [0.3, 0.4) is 0 Å². The van der Waals surface area contributed by atoms with Crippen LogP contribution in [0, 0.1) is 0 Å². The molecule has 1 aromatic carbocycles. The fraction of sp³-hybridized carbons (Fsp3) is 0.389. The maximum Gasteiger partial charge on any atom is 0.262 e. The van der Waals surface area contributed by atoms with Crippen molar-refractivity contribution < 1.29 is 14.4 Å². The van der Waals surface area contributed by atoms with E-state index in [1.165, 1.54) is 30.6 Å². The maximum absolute atomic E-state index is 12.3. The SMILES string of the molecule is O=C(CN1C(=O)c2ccccc2C1=O)Nc1nnc(C2CCCCC2)s1. The number of hydrogen-bond acceptors (Lipinski definition) is 6. The Hall–Kier alpha value is -2.61. The zero-order valence-corrected chi connectivity index (χ0v) is 14.9. The number of carbonyl (C=O) groups excluding carboxylic acids is 3. The predicted molar refractivity (Wildman–Crippen MR) is 96.2 cm³/mol. The molecule has 0 saturated heterocycles. The number of benzene rings is 1. The van der Waals surface area contributed by atoms with E-state index in [0.29, 0.717) is 22.2 Å². The van der Waals surface area contributed by atoms with Crippen LogP contribution < -0.4 is 5.32 Å². The highest BCUT2D eigenvalue weighted by Crippen LogP contribution is 2.35. The molecule has 1 aliphatic carbocycles. The molecule has 26 heavy (non-hydrogen) atoms. The zero-order chi connectivity index (χ0) is 18.1. The summed E-state index contributed by atoms with van der Waals surface area (Å²) in [6.45, 7) is -0.329. The van der Waals surface area contributed by atoms with Gasteiger partial charge in [0.15, 0.2) is 0 Å². The summed E-state index contributed by atoms with van der Waals surface area (Å²) >= 11 is 1.37. The van der Waals surface area contributed by atoms with Crippen molar-refractivity contribution in [1.82, 2.24) is 15.1 Å². The Morgan fingerprint density at radius 1 is 1.08 bits per heavy atom. The quantitative estimate of drug-likeness (QED) is 0.836. The van der Waals surface area contributed by atoms with Gasteiger partial charge in [0.1, 0.15) is 11.6 Å². The molecule has 7 nitrogen and oxygen atoms in total. The van der Waals surface area contributed by atoms with E-state index in [0.717, 1.165) is 22.7 Å². The first-order valence-corrected chi connectivity index (χ1v) is 9.53. The molecular formula is C18H18N4O3S. The van der Waals surface area contributed by atoms with Crippen LogP contribution in [-0.2, 0) is 4.79 Å². The summed E-state index contributed by atoms with van der Waals surface area (Å²) in [6, 6.07) is 6.58. The van der Waals surface area contributed by atoms with Gasteiger partial charge in [-0.05, 0) is 25.0 Å². The van der Waals surface area contributed by atoms with Crippen molar-refractivity contribution in [1.29, 1.82) is 0 Å². The molecule has 0 atom stereocenters. The molecule has 0 unspecified atom stereocenters. The highest BCUT2D eigenvalue weighted by atomic mass is 32.1.